The van der Waals surface area contributed by atoms with Crippen molar-refractivity contribution in [3.63, 3.8) is 0 Å². The van der Waals surface area contributed by atoms with Gasteiger partial charge < -0.3 is 14.5 Å². The number of ether oxygens (including phenoxy) is 2. The molecule has 6 rings (SSSR count). The summed E-state index contributed by atoms with van der Waals surface area (Å²) in [6.45, 7) is 7.98. The number of benzene rings is 3. The van der Waals surface area contributed by atoms with Crippen molar-refractivity contribution in [1.82, 2.24) is 30.1 Å². The summed E-state index contributed by atoms with van der Waals surface area (Å²) in [6.07, 6.45) is 0.753. The number of aromatic amines is 1. The second kappa shape index (κ2) is 10.9. The van der Waals surface area contributed by atoms with Crippen molar-refractivity contribution >= 4 is 10.9 Å². The van der Waals surface area contributed by atoms with Crippen LogP contribution in [0.2, 0.25) is 0 Å². The maximum absolute atomic E-state index is 13.4. The van der Waals surface area contributed by atoms with Gasteiger partial charge in [0.2, 0.25) is 6.79 Å². The molecule has 1 aliphatic heterocycles. The van der Waals surface area contributed by atoms with Crippen LogP contribution in [0.25, 0.3) is 10.9 Å². The van der Waals surface area contributed by atoms with Crippen LogP contribution in [0.4, 0.5) is 0 Å². The molecule has 0 aliphatic carbocycles. The fraction of sp³-hybridized carbons (Fsp3) is 0.290. The highest BCUT2D eigenvalue weighted by atomic mass is 16.7. The molecular weight excluding hydrogens is 504 g/mol. The van der Waals surface area contributed by atoms with Gasteiger partial charge >= 0.3 is 0 Å². The minimum atomic E-state index is -0.141. The van der Waals surface area contributed by atoms with E-state index >= 15 is 0 Å². The van der Waals surface area contributed by atoms with Crippen LogP contribution in [0.1, 0.15) is 53.0 Å². The number of rotatable bonds is 9. The molecule has 1 N–H and O–H groups in total. The lowest BCUT2D eigenvalue weighted by Gasteiger charge is -2.30. The number of pyridine rings is 1. The molecule has 5 aromatic rings. The van der Waals surface area contributed by atoms with Crippen molar-refractivity contribution in [2.45, 2.75) is 52.9 Å². The molecule has 0 radical (unpaired) electrons. The molecule has 9 heteroatoms. The predicted octanol–water partition coefficient (Wildman–Crippen LogP) is 5.06. The van der Waals surface area contributed by atoms with E-state index in [1.54, 1.807) is 0 Å². The molecule has 0 unspecified atom stereocenters. The van der Waals surface area contributed by atoms with Crippen molar-refractivity contribution in [2.24, 2.45) is 0 Å². The second-order valence-corrected chi connectivity index (χ2v) is 10.3. The third-order valence-electron chi connectivity index (χ3n) is 7.58. The van der Waals surface area contributed by atoms with Crippen LogP contribution in [-0.4, -0.2) is 36.9 Å². The molecule has 0 spiro atoms. The van der Waals surface area contributed by atoms with Crippen molar-refractivity contribution in [2.75, 3.05) is 6.79 Å². The largest absolute Gasteiger partial charge is 0.454 e. The van der Waals surface area contributed by atoms with E-state index in [0.717, 1.165) is 56.9 Å². The Balaban J connectivity index is 1.39. The molecule has 0 saturated carbocycles. The van der Waals surface area contributed by atoms with Gasteiger partial charge in [-0.15, -0.1) is 5.10 Å². The lowest BCUT2D eigenvalue weighted by Crippen LogP contribution is -2.32. The van der Waals surface area contributed by atoms with Crippen molar-refractivity contribution in [3.8, 4) is 11.5 Å². The van der Waals surface area contributed by atoms with Crippen molar-refractivity contribution in [3.05, 3.63) is 111 Å². The number of aromatic nitrogens is 5. The fourth-order valence-corrected chi connectivity index (χ4v) is 5.43. The fourth-order valence-electron chi connectivity index (χ4n) is 5.43. The Bertz CT molecular complexity index is 1710. The lowest BCUT2D eigenvalue weighted by molar-refractivity contribution is 0.161. The number of hydrogen-bond acceptors (Lipinski definition) is 7. The highest BCUT2D eigenvalue weighted by Gasteiger charge is 2.27. The van der Waals surface area contributed by atoms with Crippen LogP contribution < -0.4 is 15.0 Å². The number of nitrogens with one attached hydrogen (secondary N) is 1. The standard InChI is InChI=1S/C31H32N6O3/c1-4-26(30-33-34-35-37(30)17-22-8-6-5-7-9-22)36(16-23-12-13-27-28(14-23)40-19-39-27)18-24-15-25-20(2)10-11-21(3)29(25)32-31(24)38/h5-15,26H,4,16-19H2,1-3H3,(H,32,38)/t26-/m1/s1. The van der Waals surface area contributed by atoms with Crippen LogP contribution in [0, 0.1) is 13.8 Å². The Hall–Kier alpha value is -4.50. The molecule has 0 saturated heterocycles. The van der Waals surface area contributed by atoms with E-state index in [1.807, 2.05) is 60.1 Å². The Labute approximate surface area is 232 Å². The summed E-state index contributed by atoms with van der Waals surface area (Å²) in [5, 5.41) is 13.9. The number of H-pyrrole nitrogens is 1. The van der Waals surface area contributed by atoms with E-state index in [2.05, 4.69) is 57.5 Å². The number of fused-ring (bicyclic) bond motifs is 2. The molecule has 0 bridgehead atoms. The normalized spacial score (nSPS) is 13.3. The number of tetrazole rings is 1. The average Bonchev–Trinajstić information content (AvgIpc) is 3.62. The van der Waals surface area contributed by atoms with E-state index in [9.17, 15) is 4.79 Å². The average molecular weight is 537 g/mol. The van der Waals surface area contributed by atoms with Gasteiger partial charge in [-0.05, 0) is 71.1 Å². The van der Waals surface area contributed by atoms with Gasteiger partial charge in [-0.1, -0.05) is 55.5 Å². The van der Waals surface area contributed by atoms with E-state index in [0.29, 0.717) is 25.2 Å². The molecule has 40 heavy (non-hydrogen) atoms. The van der Waals surface area contributed by atoms with Gasteiger partial charge in [-0.25, -0.2) is 4.68 Å². The zero-order valence-corrected chi connectivity index (χ0v) is 22.9. The first kappa shape index (κ1) is 25.8. The van der Waals surface area contributed by atoms with Crippen LogP contribution in [0.15, 0.2) is 71.5 Å². The monoisotopic (exact) mass is 536 g/mol. The van der Waals surface area contributed by atoms with Crippen LogP contribution >= 0.6 is 0 Å². The summed E-state index contributed by atoms with van der Waals surface area (Å²) in [6, 6.07) is 22.2. The zero-order valence-electron chi connectivity index (χ0n) is 22.9. The van der Waals surface area contributed by atoms with Gasteiger partial charge in [0.1, 0.15) is 0 Å². The highest BCUT2D eigenvalue weighted by molar-refractivity contribution is 5.85. The molecule has 3 heterocycles. The number of hydrogen-bond donors (Lipinski definition) is 1. The van der Waals surface area contributed by atoms with Gasteiger partial charge in [-0.2, -0.15) is 0 Å². The second-order valence-electron chi connectivity index (χ2n) is 10.3. The Kier molecular flexibility index (Phi) is 7.04. The topological polar surface area (TPSA) is 98.2 Å². The Morgan fingerprint density at radius 3 is 2.58 bits per heavy atom. The first-order valence-electron chi connectivity index (χ1n) is 13.5. The third kappa shape index (κ3) is 5.08. The van der Waals surface area contributed by atoms with E-state index < -0.39 is 0 Å². The van der Waals surface area contributed by atoms with E-state index in [4.69, 9.17) is 9.47 Å². The highest BCUT2D eigenvalue weighted by Crippen LogP contribution is 2.34. The molecule has 1 aliphatic rings. The Morgan fingerprint density at radius 2 is 1.75 bits per heavy atom. The maximum Gasteiger partial charge on any atom is 0.252 e. The summed E-state index contributed by atoms with van der Waals surface area (Å²) in [7, 11) is 0. The molecular formula is C31H32N6O3. The lowest BCUT2D eigenvalue weighted by atomic mass is 10.0. The van der Waals surface area contributed by atoms with Crippen LogP contribution in [0.5, 0.6) is 11.5 Å². The van der Waals surface area contributed by atoms with Gasteiger partial charge in [-0.3, -0.25) is 9.69 Å². The summed E-state index contributed by atoms with van der Waals surface area (Å²) in [5.74, 6) is 2.23. The maximum atomic E-state index is 13.4. The summed E-state index contributed by atoms with van der Waals surface area (Å²) in [5.41, 5.74) is 5.83. The summed E-state index contributed by atoms with van der Waals surface area (Å²) >= 11 is 0. The summed E-state index contributed by atoms with van der Waals surface area (Å²) < 4.78 is 13.0. The molecule has 0 amide bonds. The molecule has 9 nitrogen and oxygen atoms in total. The van der Waals surface area contributed by atoms with Crippen molar-refractivity contribution < 1.29 is 9.47 Å². The van der Waals surface area contributed by atoms with Crippen molar-refractivity contribution in [1.29, 1.82) is 0 Å². The van der Waals surface area contributed by atoms with E-state index in [-0.39, 0.29) is 18.4 Å². The summed E-state index contributed by atoms with van der Waals surface area (Å²) in [4.78, 5) is 18.8. The van der Waals surface area contributed by atoms with Crippen LogP contribution in [0.3, 0.4) is 0 Å². The minimum Gasteiger partial charge on any atom is -0.454 e. The van der Waals surface area contributed by atoms with Gasteiger partial charge in [0, 0.05) is 24.0 Å². The van der Waals surface area contributed by atoms with Gasteiger partial charge in [0.25, 0.3) is 5.56 Å². The Morgan fingerprint density at radius 1 is 0.950 bits per heavy atom. The number of aryl methyl sites for hydroxylation is 2. The molecule has 3 aromatic carbocycles. The zero-order chi connectivity index (χ0) is 27.6. The molecule has 204 valence electrons. The van der Waals surface area contributed by atoms with Gasteiger partial charge in [0.05, 0.1) is 18.1 Å². The first-order chi connectivity index (χ1) is 19.5. The number of nitrogens with zero attached hydrogens (tertiary/aromatic N) is 5. The predicted molar refractivity (Wildman–Crippen MR) is 152 cm³/mol. The van der Waals surface area contributed by atoms with Gasteiger partial charge in [0.15, 0.2) is 17.3 Å². The smallest absolute Gasteiger partial charge is 0.252 e. The SMILES string of the molecule is CC[C@H](c1nnnn1Cc1ccccc1)N(Cc1ccc2c(c1)OCO2)Cc1cc2c(C)ccc(C)c2[nH]c1=O. The quantitative estimate of drug-likeness (QED) is 0.281. The van der Waals surface area contributed by atoms with Crippen LogP contribution in [-0.2, 0) is 19.6 Å². The molecule has 2 aromatic heterocycles. The minimum absolute atomic E-state index is 0.0874. The molecule has 0 fully saturated rings. The third-order valence-corrected chi connectivity index (χ3v) is 7.58. The first-order valence-corrected chi connectivity index (χ1v) is 13.5. The van der Waals surface area contributed by atoms with E-state index in [1.165, 1.54) is 0 Å². The molecule has 1 atom stereocenters.